The van der Waals surface area contributed by atoms with E-state index in [2.05, 4.69) is 43.2 Å². The zero-order valence-corrected chi connectivity index (χ0v) is 16.8. The monoisotopic (exact) mass is 430 g/mol. The van der Waals surface area contributed by atoms with Gasteiger partial charge in [0.2, 0.25) is 0 Å². The zero-order valence-electron chi connectivity index (χ0n) is 14.4. The maximum absolute atomic E-state index is 13.0. The predicted molar refractivity (Wildman–Crippen MR) is 106 cm³/mol. The maximum atomic E-state index is 13.0. The topological polar surface area (TPSA) is 61.9 Å². The van der Waals surface area contributed by atoms with Crippen LogP contribution in [0.2, 0.25) is 0 Å². The van der Waals surface area contributed by atoms with Gasteiger partial charge in [-0.1, -0.05) is 28.1 Å². The second kappa shape index (κ2) is 7.32. The lowest BCUT2D eigenvalue weighted by Crippen LogP contribution is -2.39. The van der Waals surface area contributed by atoms with E-state index in [9.17, 15) is 4.79 Å². The molecule has 1 amide bonds. The number of aryl methyl sites for hydroxylation is 1. The average molecular weight is 431 g/mol. The van der Waals surface area contributed by atoms with Crippen molar-refractivity contribution in [3.8, 4) is 10.4 Å². The minimum absolute atomic E-state index is 0.107. The second-order valence-corrected chi connectivity index (χ2v) is 8.54. The van der Waals surface area contributed by atoms with Crippen LogP contribution in [-0.2, 0) is 0 Å². The van der Waals surface area contributed by atoms with Crippen LogP contribution in [0, 0.1) is 6.92 Å². The highest BCUT2D eigenvalue weighted by molar-refractivity contribution is 9.10. The molecule has 5 nitrogen and oxygen atoms in total. The number of H-pyrrole nitrogens is 1. The number of rotatable bonds is 3. The van der Waals surface area contributed by atoms with Gasteiger partial charge in [-0.25, -0.2) is 4.98 Å². The molecule has 1 atom stereocenters. The number of carbonyl (C=O) groups excluding carboxylic acids is 1. The number of aromatic nitrogens is 3. The first-order chi connectivity index (χ1) is 12.6. The van der Waals surface area contributed by atoms with E-state index in [1.165, 1.54) is 0 Å². The average Bonchev–Trinajstić information content (AvgIpc) is 3.31. The van der Waals surface area contributed by atoms with E-state index in [0.717, 1.165) is 50.8 Å². The highest BCUT2D eigenvalue weighted by Crippen LogP contribution is 2.31. The smallest absolute Gasteiger partial charge is 0.263 e. The van der Waals surface area contributed by atoms with E-state index in [1.807, 2.05) is 36.1 Å². The van der Waals surface area contributed by atoms with Crippen LogP contribution < -0.4 is 0 Å². The standard InChI is InChI=1S/C19H19BrN4OS/c1-12-21-18(23-22-12)14-3-2-10-24(11-14)19(25)17-9-8-16(26-17)13-4-6-15(20)7-5-13/h4-9,14H,2-3,10-11H2,1H3,(H,21,22,23). The van der Waals surface area contributed by atoms with Crippen LogP contribution in [0.5, 0.6) is 0 Å². The Balaban J connectivity index is 1.49. The summed E-state index contributed by atoms with van der Waals surface area (Å²) in [6, 6.07) is 12.1. The van der Waals surface area contributed by atoms with Crippen molar-refractivity contribution in [2.75, 3.05) is 13.1 Å². The Morgan fingerprint density at radius 2 is 2.08 bits per heavy atom. The van der Waals surface area contributed by atoms with Crippen molar-refractivity contribution in [1.29, 1.82) is 0 Å². The highest BCUT2D eigenvalue weighted by atomic mass is 79.9. The number of halogens is 1. The lowest BCUT2D eigenvalue weighted by Gasteiger charge is -2.31. The number of benzene rings is 1. The first-order valence-corrected chi connectivity index (χ1v) is 10.2. The van der Waals surface area contributed by atoms with E-state index < -0.39 is 0 Å². The summed E-state index contributed by atoms with van der Waals surface area (Å²) in [5.41, 5.74) is 1.13. The number of piperidine rings is 1. The molecule has 4 rings (SSSR count). The number of nitrogens with zero attached hydrogens (tertiary/aromatic N) is 3. The Bertz CT molecular complexity index is 918. The van der Waals surface area contributed by atoms with Gasteiger partial charge >= 0.3 is 0 Å². The molecule has 0 aliphatic carbocycles. The van der Waals surface area contributed by atoms with Crippen LogP contribution in [0.4, 0.5) is 0 Å². The molecule has 0 saturated carbocycles. The molecule has 1 unspecified atom stereocenters. The SMILES string of the molecule is Cc1nc(C2CCCN(C(=O)c3ccc(-c4ccc(Br)cc4)s3)C2)n[nH]1. The summed E-state index contributed by atoms with van der Waals surface area (Å²) in [6.45, 7) is 3.38. The van der Waals surface area contributed by atoms with Crippen LogP contribution >= 0.6 is 27.3 Å². The van der Waals surface area contributed by atoms with E-state index in [-0.39, 0.29) is 11.8 Å². The third-order valence-corrected chi connectivity index (χ3v) is 6.28. The molecule has 134 valence electrons. The molecule has 1 aliphatic rings. The molecule has 1 saturated heterocycles. The molecular weight excluding hydrogens is 412 g/mol. The van der Waals surface area contributed by atoms with Gasteiger partial charge < -0.3 is 4.90 Å². The molecule has 7 heteroatoms. The van der Waals surface area contributed by atoms with Crippen molar-refractivity contribution in [2.45, 2.75) is 25.7 Å². The molecule has 1 N–H and O–H groups in total. The number of nitrogens with one attached hydrogen (secondary N) is 1. The van der Waals surface area contributed by atoms with E-state index in [1.54, 1.807) is 11.3 Å². The normalized spacial score (nSPS) is 17.5. The van der Waals surface area contributed by atoms with E-state index >= 15 is 0 Å². The summed E-state index contributed by atoms with van der Waals surface area (Å²) >= 11 is 5.01. The first kappa shape index (κ1) is 17.4. The molecule has 1 aliphatic heterocycles. The molecule has 0 radical (unpaired) electrons. The summed E-state index contributed by atoms with van der Waals surface area (Å²) in [5, 5.41) is 7.18. The van der Waals surface area contributed by atoms with Gasteiger partial charge in [0.1, 0.15) is 5.82 Å². The molecule has 3 heterocycles. The van der Waals surface area contributed by atoms with E-state index in [0.29, 0.717) is 6.54 Å². The molecule has 3 aromatic rings. The van der Waals surface area contributed by atoms with Crippen LogP contribution in [0.3, 0.4) is 0 Å². The second-order valence-electron chi connectivity index (χ2n) is 6.54. The fraction of sp³-hybridized carbons (Fsp3) is 0.316. The predicted octanol–water partition coefficient (Wildman–Crippen LogP) is 4.62. The molecule has 2 aromatic heterocycles. The van der Waals surface area contributed by atoms with Gasteiger partial charge in [0, 0.05) is 28.4 Å². The van der Waals surface area contributed by atoms with Crippen LogP contribution in [0.1, 0.15) is 40.1 Å². The number of carbonyl (C=O) groups is 1. The van der Waals surface area contributed by atoms with Gasteiger partial charge in [0.25, 0.3) is 5.91 Å². The number of likely N-dealkylation sites (tertiary alicyclic amines) is 1. The Labute approximate surface area is 164 Å². The third-order valence-electron chi connectivity index (χ3n) is 4.63. The zero-order chi connectivity index (χ0) is 18.1. The number of aromatic amines is 1. The molecule has 0 bridgehead atoms. The summed E-state index contributed by atoms with van der Waals surface area (Å²) in [5.74, 6) is 1.96. The lowest BCUT2D eigenvalue weighted by atomic mass is 9.97. The van der Waals surface area contributed by atoms with Crippen LogP contribution in [-0.4, -0.2) is 39.1 Å². The summed E-state index contributed by atoms with van der Waals surface area (Å²) in [6.07, 6.45) is 2.00. The number of hydrogen-bond donors (Lipinski definition) is 1. The Morgan fingerprint density at radius 1 is 1.27 bits per heavy atom. The first-order valence-electron chi connectivity index (χ1n) is 8.64. The van der Waals surface area contributed by atoms with Crippen LogP contribution in [0.25, 0.3) is 10.4 Å². The van der Waals surface area contributed by atoms with Crippen molar-refractivity contribution >= 4 is 33.2 Å². The Hall–Kier alpha value is -1.99. The van der Waals surface area contributed by atoms with Gasteiger partial charge in [-0.05, 0) is 49.6 Å². The summed E-state index contributed by atoms with van der Waals surface area (Å²) in [4.78, 5) is 21.2. The largest absolute Gasteiger partial charge is 0.337 e. The Kier molecular flexibility index (Phi) is 4.91. The van der Waals surface area contributed by atoms with Crippen molar-refractivity contribution in [2.24, 2.45) is 0 Å². The third kappa shape index (κ3) is 3.59. The quantitative estimate of drug-likeness (QED) is 0.658. The van der Waals surface area contributed by atoms with Gasteiger partial charge in [-0.2, -0.15) is 5.10 Å². The number of hydrogen-bond acceptors (Lipinski definition) is 4. The van der Waals surface area contributed by atoms with Crippen molar-refractivity contribution in [1.82, 2.24) is 20.1 Å². The summed E-state index contributed by atoms with van der Waals surface area (Å²) < 4.78 is 1.05. The Morgan fingerprint density at radius 3 is 2.81 bits per heavy atom. The lowest BCUT2D eigenvalue weighted by molar-refractivity contribution is 0.0709. The minimum Gasteiger partial charge on any atom is -0.337 e. The maximum Gasteiger partial charge on any atom is 0.263 e. The number of thiophene rings is 1. The molecule has 1 aromatic carbocycles. The molecule has 1 fully saturated rings. The molecular formula is C19H19BrN4OS. The van der Waals surface area contributed by atoms with Crippen molar-refractivity contribution in [3.05, 3.63) is 57.4 Å². The molecule has 26 heavy (non-hydrogen) atoms. The van der Waals surface area contributed by atoms with Crippen LogP contribution in [0.15, 0.2) is 40.9 Å². The fourth-order valence-corrected chi connectivity index (χ4v) is 4.54. The minimum atomic E-state index is 0.107. The van der Waals surface area contributed by atoms with Gasteiger partial charge in [0.05, 0.1) is 4.88 Å². The van der Waals surface area contributed by atoms with Gasteiger partial charge in [0.15, 0.2) is 5.82 Å². The van der Waals surface area contributed by atoms with Crippen molar-refractivity contribution in [3.63, 3.8) is 0 Å². The highest BCUT2D eigenvalue weighted by Gasteiger charge is 2.28. The van der Waals surface area contributed by atoms with E-state index in [4.69, 9.17) is 0 Å². The van der Waals surface area contributed by atoms with Gasteiger partial charge in [-0.3, -0.25) is 9.89 Å². The van der Waals surface area contributed by atoms with Crippen molar-refractivity contribution < 1.29 is 4.79 Å². The fourth-order valence-electron chi connectivity index (χ4n) is 3.29. The number of amides is 1. The molecule has 0 spiro atoms. The summed E-state index contributed by atoms with van der Waals surface area (Å²) in [7, 11) is 0. The van der Waals surface area contributed by atoms with Gasteiger partial charge in [-0.15, -0.1) is 11.3 Å².